The van der Waals surface area contributed by atoms with Crippen molar-refractivity contribution in [3.05, 3.63) is 35.9 Å². The van der Waals surface area contributed by atoms with Crippen LogP contribution in [0.4, 0.5) is 0 Å². The molecule has 0 spiro atoms. The fourth-order valence-electron chi connectivity index (χ4n) is 2.15. The van der Waals surface area contributed by atoms with Crippen LogP contribution in [0.1, 0.15) is 37.6 Å². The predicted molar refractivity (Wildman–Crippen MR) is 76.0 cm³/mol. The van der Waals surface area contributed by atoms with Crippen molar-refractivity contribution in [3.63, 3.8) is 0 Å². The zero-order chi connectivity index (χ0) is 14.5. The van der Waals surface area contributed by atoms with Gasteiger partial charge in [-0.2, -0.15) is 10.2 Å². The van der Waals surface area contributed by atoms with Crippen molar-refractivity contribution in [1.82, 2.24) is 24.9 Å². The molecule has 0 aromatic carbocycles. The minimum absolute atomic E-state index is 0.0247. The van der Waals surface area contributed by atoms with E-state index in [0.29, 0.717) is 13.0 Å². The molecule has 1 amide bonds. The number of aromatic nitrogens is 4. The summed E-state index contributed by atoms with van der Waals surface area (Å²) in [6.45, 7) is 7.41. The Morgan fingerprint density at radius 3 is 2.85 bits per heavy atom. The van der Waals surface area contributed by atoms with E-state index in [1.807, 2.05) is 43.9 Å². The Labute approximate surface area is 118 Å². The van der Waals surface area contributed by atoms with Gasteiger partial charge in [0.2, 0.25) is 5.91 Å². The summed E-state index contributed by atoms with van der Waals surface area (Å²) >= 11 is 0. The van der Waals surface area contributed by atoms with E-state index in [1.165, 1.54) is 0 Å². The first-order chi connectivity index (χ1) is 9.61. The molecule has 6 heteroatoms. The van der Waals surface area contributed by atoms with E-state index in [9.17, 15) is 4.79 Å². The minimum Gasteiger partial charge on any atom is -0.352 e. The Bertz CT molecular complexity index is 558. The summed E-state index contributed by atoms with van der Waals surface area (Å²) in [6, 6.07) is 1.92. The van der Waals surface area contributed by atoms with Crippen molar-refractivity contribution in [2.45, 2.75) is 46.3 Å². The Morgan fingerprint density at radius 1 is 1.45 bits per heavy atom. The highest BCUT2D eigenvalue weighted by Gasteiger charge is 2.12. The van der Waals surface area contributed by atoms with Crippen LogP contribution in [0.5, 0.6) is 0 Å². The number of nitrogens with zero attached hydrogens (tertiary/aromatic N) is 4. The van der Waals surface area contributed by atoms with Gasteiger partial charge in [0, 0.05) is 43.2 Å². The summed E-state index contributed by atoms with van der Waals surface area (Å²) in [5.74, 6) is 0.0247. The number of carbonyl (C=O) groups is 1. The topological polar surface area (TPSA) is 64.7 Å². The fraction of sp³-hybridized carbons (Fsp3) is 0.500. The average Bonchev–Trinajstić information content (AvgIpc) is 3.06. The molecule has 2 rings (SSSR count). The van der Waals surface area contributed by atoms with Crippen LogP contribution >= 0.6 is 0 Å². The molecule has 1 atom stereocenters. The highest BCUT2D eigenvalue weighted by Crippen LogP contribution is 2.10. The maximum atomic E-state index is 11.9. The van der Waals surface area contributed by atoms with Gasteiger partial charge in [-0.1, -0.05) is 0 Å². The van der Waals surface area contributed by atoms with Gasteiger partial charge in [-0.25, -0.2) is 0 Å². The molecule has 0 bridgehead atoms. The van der Waals surface area contributed by atoms with Crippen LogP contribution < -0.4 is 5.32 Å². The van der Waals surface area contributed by atoms with Crippen molar-refractivity contribution in [1.29, 1.82) is 0 Å². The Balaban J connectivity index is 1.84. The third-order valence-corrected chi connectivity index (χ3v) is 3.44. The van der Waals surface area contributed by atoms with Crippen molar-refractivity contribution in [2.75, 3.05) is 0 Å². The van der Waals surface area contributed by atoms with Crippen molar-refractivity contribution in [3.8, 4) is 0 Å². The normalized spacial score (nSPS) is 12.3. The molecular formula is C14H21N5O. The zero-order valence-corrected chi connectivity index (χ0v) is 12.2. The molecule has 2 aromatic heterocycles. The van der Waals surface area contributed by atoms with E-state index in [4.69, 9.17) is 0 Å². The number of amides is 1. The van der Waals surface area contributed by atoms with Gasteiger partial charge in [-0.3, -0.25) is 14.2 Å². The third kappa shape index (κ3) is 3.26. The van der Waals surface area contributed by atoms with Gasteiger partial charge in [0.25, 0.3) is 0 Å². The molecular weight excluding hydrogens is 254 g/mol. The lowest BCUT2D eigenvalue weighted by Crippen LogP contribution is -2.25. The smallest absolute Gasteiger partial charge is 0.222 e. The summed E-state index contributed by atoms with van der Waals surface area (Å²) in [7, 11) is 0. The van der Waals surface area contributed by atoms with Gasteiger partial charge in [0.05, 0.1) is 12.2 Å². The van der Waals surface area contributed by atoms with Crippen LogP contribution in [-0.4, -0.2) is 25.5 Å². The van der Waals surface area contributed by atoms with Gasteiger partial charge >= 0.3 is 0 Å². The van der Waals surface area contributed by atoms with Gasteiger partial charge in [-0.15, -0.1) is 0 Å². The number of rotatable bonds is 6. The van der Waals surface area contributed by atoms with Gasteiger partial charge in [0.15, 0.2) is 0 Å². The molecule has 0 aliphatic rings. The summed E-state index contributed by atoms with van der Waals surface area (Å²) in [4.78, 5) is 11.9. The van der Waals surface area contributed by atoms with E-state index in [1.54, 1.807) is 10.9 Å². The lowest BCUT2D eigenvalue weighted by molar-refractivity contribution is -0.122. The molecule has 6 nitrogen and oxygen atoms in total. The number of carbonyl (C=O) groups excluding carboxylic acids is 1. The zero-order valence-electron chi connectivity index (χ0n) is 12.2. The van der Waals surface area contributed by atoms with Gasteiger partial charge in [-0.05, 0) is 26.8 Å². The molecule has 0 saturated heterocycles. The third-order valence-electron chi connectivity index (χ3n) is 3.44. The number of hydrogen-bond donors (Lipinski definition) is 1. The predicted octanol–water partition coefficient (Wildman–Crippen LogP) is 1.68. The lowest BCUT2D eigenvalue weighted by atomic mass is 10.2. The largest absolute Gasteiger partial charge is 0.352 e. The van der Waals surface area contributed by atoms with Crippen molar-refractivity contribution < 1.29 is 4.79 Å². The highest BCUT2D eigenvalue weighted by molar-refractivity contribution is 5.76. The first kappa shape index (κ1) is 14.3. The molecule has 2 aromatic rings. The standard InChI is InChI=1S/C14H21N5O/c1-4-18-12(3)13(10-17-18)9-15-14(20)8-11(2)19-7-5-6-16-19/h5-7,10-11H,4,8-9H2,1-3H3,(H,15,20)/t11-/m1/s1. The first-order valence-corrected chi connectivity index (χ1v) is 6.89. The summed E-state index contributed by atoms with van der Waals surface area (Å²) < 4.78 is 3.72. The fourth-order valence-corrected chi connectivity index (χ4v) is 2.15. The summed E-state index contributed by atoms with van der Waals surface area (Å²) in [5.41, 5.74) is 2.17. The Kier molecular flexibility index (Phi) is 4.55. The maximum absolute atomic E-state index is 11.9. The SMILES string of the molecule is CCn1ncc(CNC(=O)C[C@@H](C)n2cccn2)c1C. The molecule has 0 unspecified atom stereocenters. The van der Waals surface area contributed by atoms with Crippen LogP contribution in [0.3, 0.4) is 0 Å². The second-order valence-electron chi connectivity index (χ2n) is 4.89. The van der Waals surface area contributed by atoms with Crippen LogP contribution in [-0.2, 0) is 17.9 Å². The van der Waals surface area contributed by atoms with Crippen LogP contribution in [0.25, 0.3) is 0 Å². The molecule has 2 heterocycles. The number of hydrogen-bond acceptors (Lipinski definition) is 3. The Hall–Kier alpha value is -2.11. The molecule has 0 aliphatic carbocycles. The van der Waals surface area contributed by atoms with E-state index >= 15 is 0 Å². The number of nitrogens with one attached hydrogen (secondary N) is 1. The molecule has 0 aliphatic heterocycles. The lowest BCUT2D eigenvalue weighted by Gasteiger charge is -2.12. The highest BCUT2D eigenvalue weighted by atomic mass is 16.1. The minimum atomic E-state index is 0.0247. The van der Waals surface area contributed by atoms with Crippen molar-refractivity contribution in [2.24, 2.45) is 0 Å². The second kappa shape index (κ2) is 6.36. The van der Waals surface area contributed by atoms with Gasteiger partial charge < -0.3 is 5.32 Å². The van der Waals surface area contributed by atoms with Crippen LogP contribution in [0.2, 0.25) is 0 Å². The summed E-state index contributed by atoms with van der Waals surface area (Å²) in [5, 5.41) is 11.3. The number of aryl methyl sites for hydroxylation is 1. The molecule has 0 radical (unpaired) electrons. The molecule has 20 heavy (non-hydrogen) atoms. The van der Waals surface area contributed by atoms with E-state index in [0.717, 1.165) is 17.8 Å². The van der Waals surface area contributed by atoms with Crippen LogP contribution in [0, 0.1) is 6.92 Å². The van der Waals surface area contributed by atoms with E-state index in [2.05, 4.69) is 15.5 Å². The molecule has 0 fully saturated rings. The van der Waals surface area contributed by atoms with Gasteiger partial charge in [0.1, 0.15) is 0 Å². The van der Waals surface area contributed by atoms with E-state index < -0.39 is 0 Å². The van der Waals surface area contributed by atoms with E-state index in [-0.39, 0.29) is 11.9 Å². The molecule has 0 saturated carbocycles. The maximum Gasteiger partial charge on any atom is 0.222 e. The quantitative estimate of drug-likeness (QED) is 0.872. The Morgan fingerprint density at radius 2 is 2.25 bits per heavy atom. The summed E-state index contributed by atoms with van der Waals surface area (Å²) in [6.07, 6.45) is 5.82. The molecule has 1 N–H and O–H groups in total. The molecule has 108 valence electrons. The van der Waals surface area contributed by atoms with Crippen LogP contribution in [0.15, 0.2) is 24.7 Å². The monoisotopic (exact) mass is 275 g/mol. The van der Waals surface area contributed by atoms with Crippen molar-refractivity contribution >= 4 is 5.91 Å². The second-order valence-corrected chi connectivity index (χ2v) is 4.89. The average molecular weight is 275 g/mol. The first-order valence-electron chi connectivity index (χ1n) is 6.89.